The molecule has 1 aliphatic carbocycles. The van der Waals surface area contributed by atoms with E-state index in [9.17, 15) is 14.7 Å². The molecule has 2 aromatic carbocycles. The average molecular weight is 338 g/mol. The van der Waals surface area contributed by atoms with Crippen LogP contribution >= 0.6 is 0 Å². The Morgan fingerprint density at radius 2 is 1.60 bits per heavy atom. The molecule has 0 aliphatic heterocycles. The average Bonchev–Trinajstić information content (AvgIpc) is 2.64. The number of hydrogen-bond acceptors (Lipinski definition) is 3. The van der Waals surface area contributed by atoms with Crippen molar-refractivity contribution in [1.82, 2.24) is 10.6 Å². The van der Waals surface area contributed by atoms with Crippen LogP contribution in [0, 0.1) is 0 Å². The molecular formula is C20H22N2O3. The van der Waals surface area contributed by atoms with Crippen LogP contribution in [0.25, 0.3) is 0 Å². The van der Waals surface area contributed by atoms with Crippen molar-refractivity contribution in [2.45, 2.75) is 30.9 Å². The standard InChI is InChI=1S/C20H22N2O3/c23-18(16-10-5-2-6-11-16)22-17(15-8-3-1-4-9-15)19(24)21-14-20(25)12-7-13-20/h1-6,8-11,17,25H,7,12-14H2,(H,21,24)(H,22,23). The van der Waals surface area contributed by atoms with Crippen molar-refractivity contribution >= 4 is 11.8 Å². The third-order valence-electron chi connectivity index (χ3n) is 4.58. The van der Waals surface area contributed by atoms with E-state index in [1.165, 1.54) is 0 Å². The van der Waals surface area contributed by atoms with E-state index in [4.69, 9.17) is 0 Å². The highest BCUT2D eigenvalue weighted by molar-refractivity contribution is 5.97. The van der Waals surface area contributed by atoms with Crippen molar-refractivity contribution in [3.63, 3.8) is 0 Å². The SMILES string of the molecule is O=C(NC(C(=O)NCC1(O)CCC1)c1ccccc1)c1ccccc1. The van der Waals surface area contributed by atoms with Gasteiger partial charge in [-0.25, -0.2) is 0 Å². The highest BCUT2D eigenvalue weighted by Crippen LogP contribution is 2.30. The summed E-state index contributed by atoms with van der Waals surface area (Å²) in [6, 6.07) is 17.1. The summed E-state index contributed by atoms with van der Waals surface area (Å²) in [5.41, 5.74) is 0.388. The van der Waals surface area contributed by atoms with Gasteiger partial charge in [0.2, 0.25) is 5.91 Å². The van der Waals surface area contributed by atoms with E-state index < -0.39 is 11.6 Å². The Balaban J connectivity index is 1.73. The first kappa shape index (κ1) is 17.2. The maximum Gasteiger partial charge on any atom is 0.252 e. The Hall–Kier alpha value is -2.66. The fourth-order valence-corrected chi connectivity index (χ4v) is 2.87. The maximum absolute atomic E-state index is 12.7. The van der Waals surface area contributed by atoms with E-state index in [0.29, 0.717) is 24.0 Å². The summed E-state index contributed by atoms with van der Waals surface area (Å²) >= 11 is 0. The fraction of sp³-hybridized carbons (Fsp3) is 0.300. The van der Waals surface area contributed by atoms with Crippen molar-refractivity contribution in [2.75, 3.05) is 6.54 Å². The molecular weight excluding hydrogens is 316 g/mol. The van der Waals surface area contributed by atoms with E-state index in [-0.39, 0.29) is 18.4 Å². The molecule has 0 heterocycles. The zero-order valence-electron chi connectivity index (χ0n) is 13.9. The summed E-state index contributed by atoms with van der Waals surface area (Å²) in [5.74, 6) is -0.636. The number of carbonyl (C=O) groups excluding carboxylic acids is 2. The minimum absolute atomic E-state index is 0.205. The summed E-state index contributed by atoms with van der Waals surface area (Å²) in [4.78, 5) is 25.1. The number of amides is 2. The molecule has 2 amide bonds. The number of benzene rings is 2. The molecule has 0 saturated heterocycles. The molecule has 0 radical (unpaired) electrons. The lowest BCUT2D eigenvalue weighted by molar-refractivity contribution is -0.125. The van der Waals surface area contributed by atoms with Gasteiger partial charge in [-0.1, -0.05) is 48.5 Å². The van der Waals surface area contributed by atoms with Crippen LogP contribution in [0.4, 0.5) is 0 Å². The van der Waals surface area contributed by atoms with Crippen LogP contribution in [0.5, 0.6) is 0 Å². The van der Waals surface area contributed by atoms with Gasteiger partial charge in [0.05, 0.1) is 5.60 Å². The van der Waals surface area contributed by atoms with Gasteiger partial charge in [-0.2, -0.15) is 0 Å². The van der Waals surface area contributed by atoms with Gasteiger partial charge in [0.25, 0.3) is 5.91 Å². The van der Waals surface area contributed by atoms with E-state index in [2.05, 4.69) is 10.6 Å². The van der Waals surface area contributed by atoms with Crippen molar-refractivity contribution in [3.8, 4) is 0 Å². The summed E-state index contributed by atoms with van der Waals surface area (Å²) in [7, 11) is 0. The number of nitrogens with one attached hydrogen (secondary N) is 2. The second-order valence-electron chi connectivity index (χ2n) is 6.48. The molecule has 25 heavy (non-hydrogen) atoms. The Bertz CT molecular complexity index is 727. The van der Waals surface area contributed by atoms with Crippen LogP contribution in [-0.4, -0.2) is 29.1 Å². The highest BCUT2D eigenvalue weighted by Gasteiger charge is 2.35. The summed E-state index contributed by atoms with van der Waals surface area (Å²) < 4.78 is 0. The number of aliphatic hydroxyl groups is 1. The molecule has 0 bridgehead atoms. The molecule has 2 aromatic rings. The lowest BCUT2D eigenvalue weighted by Gasteiger charge is -2.37. The summed E-state index contributed by atoms with van der Waals surface area (Å²) in [5, 5.41) is 15.7. The van der Waals surface area contributed by atoms with Gasteiger partial charge in [-0.3, -0.25) is 9.59 Å². The molecule has 130 valence electrons. The van der Waals surface area contributed by atoms with Gasteiger partial charge < -0.3 is 15.7 Å². The monoisotopic (exact) mass is 338 g/mol. The molecule has 1 aliphatic rings. The summed E-state index contributed by atoms with van der Waals surface area (Å²) in [6.45, 7) is 0.205. The van der Waals surface area contributed by atoms with Crippen molar-refractivity contribution < 1.29 is 14.7 Å². The summed E-state index contributed by atoms with van der Waals surface area (Å²) in [6.07, 6.45) is 2.36. The minimum atomic E-state index is -0.808. The van der Waals surface area contributed by atoms with Gasteiger partial charge in [-0.15, -0.1) is 0 Å². The fourth-order valence-electron chi connectivity index (χ4n) is 2.87. The lowest BCUT2D eigenvalue weighted by atomic mass is 9.80. The van der Waals surface area contributed by atoms with Gasteiger partial charge in [-0.05, 0) is 37.0 Å². The normalized spacial score (nSPS) is 16.4. The Labute approximate surface area is 147 Å². The van der Waals surface area contributed by atoms with Crippen molar-refractivity contribution in [1.29, 1.82) is 0 Å². The van der Waals surface area contributed by atoms with Crippen LogP contribution in [-0.2, 0) is 4.79 Å². The van der Waals surface area contributed by atoms with E-state index in [1.807, 2.05) is 24.3 Å². The maximum atomic E-state index is 12.7. The second kappa shape index (κ2) is 7.49. The van der Waals surface area contributed by atoms with Crippen LogP contribution in [0.1, 0.15) is 41.2 Å². The van der Waals surface area contributed by atoms with E-state index >= 15 is 0 Å². The first-order valence-corrected chi connectivity index (χ1v) is 8.48. The van der Waals surface area contributed by atoms with Gasteiger partial charge in [0, 0.05) is 12.1 Å². The molecule has 3 N–H and O–H groups in total. The minimum Gasteiger partial charge on any atom is -0.388 e. The molecule has 1 atom stereocenters. The number of rotatable bonds is 6. The third-order valence-corrected chi connectivity index (χ3v) is 4.58. The predicted molar refractivity (Wildman–Crippen MR) is 94.9 cm³/mol. The van der Waals surface area contributed by atoms with Crippen LogP contribution < -0.4 is 10.6 Å². The van der Waals surface area contributed by atoms with Crippen molar-refractivity contribution in [3.05, 3.63) is 71.8 Å². The second-order valence-corrected chi connectivity index (χ2v) is 6.48. The smallest absolute Gasteiger partial charge is 0.252 e. The Morgan fingerprint density at radius 1 is 1.00 bits per heavy atom. The lowest BCUT2D eigenvalue weighted by Crippen LogP contribution is -2.50. The predicted octanol–water partition coefficient (Wildman–Crippen LogP) is 2.19. The zero-order chi connectivity index (χ0) is 17.7. The highest BCUT2D eigenvalue weighted by atomic mass is 16.3. The number of hydrogen-bond donors (Lipinski definition) is 3. The van der Waals surface area contributed by atoms with Crippen LogP contribution in [0.15, 0.2) is 60.7 Å². The molecule has 1 saturated carbocycles. The molecule has 3 rings (SSSR count). The first-order valence-electron chi connectivity index (χ1n) is 8.48. The topological polar surface area (TPSA) is 78.4 Å². The van der Waals surface area contributed by atoms with Gasteiger partial charge >= 0.3 is 0 Å². The molecule has 0 spiro atoms. The Kier molecular flexibility index (Phi) is 5.14. The van der Waals surface area contributed by atoms with Gasteiger partial charge in [0.1, 0.15) is 6.04 Å². The quantitative estimate of drug-likeness (QED) is 0.755. The van der Waals surface area contributed by atoms with Gasteiger partial charge in [0.15, 0.2) is 0 Å². The number of carbonyl (C=O) groups is 2. The molecule has 0 aromatic heterocycles. The van der Waals surface area contributed by atoms with Crippen LogP contribution in [0.2, 0.25) is 0 Å². The molecule has 1 unspecified atom stereocenters. The third kappa shape index (κ3) is 4.25. The largest absolute Gasteiger partial charge is 0.388 e. The first-order chi connectivity index (χ1) is 12.1. The van der Waals surface area contributed by atoms with E-state index in [1.54, 1.807) is 36.4 Å². The molecule has 1 fully saturated rings. The van der Waals surface area contributed by atoms with E-state index in [0.717, 1.165) is 6.42 Å². The molecule has 5 heteroatoms. The van der Waals surface area contributed by atoms with Crippen molar-refractivity contribution in [2.24, 2.45) is 0 Å². The van der Waals surface area contributed by atoms with Crippen LogP contribution in [0.3, 0.4) is 0 Å². The Morgan fingerprint density at radius 3 is 2.16 bits per heavy atom. The molecule has 5 nitrogen and oxygen atoms in total. The zero-order valence-corrected chi connectivity index (χ0v) is 13.9.